The lowest BCUT2D eigenvalue weighted by molar-refractivity contribution is -0.122. The summed E-state index contributed by atoms with van der Waals surface area (Å²) in [7, 11) is 1.49. The number of anilines is 1. The molecule has 0 radical (unpaired) electrons. The fraction of sp³-hybridized carbons (Fsp3) is 0.0800. The maximum atomic E-state index is 13.1. The zero-order chi connectivity index (χ0) is 25.1. The molecule has 0 spiro atoms. The normalized spacial score (nSPS) is 14.8. The SMILES string of the molecule is COc1cc(/C=C2\C(=O)NC(=O)N(c3cccc(Cl)c3)C2=O)cc(Br)c1OCc1ccccc1Br. The van der Waals surface area contributed by atoms with E-state index in [1.165, 1.54) is 19.3 Å². The molecule has 0 bridgehead atoms. The lowest BCUT2D eigenvalue weighted by Crippen LogP contribution is -2.54. The number of hydrogen-bond acceptors (Lipinski definition) is 5. The van der Waals surface area contributed by atoms with Crippen LogP contribution < -0.4 is 19.7 Å². The number of methoxy groups -OCH3 is 1. The molecular formula is C25H17Br2ClN2O5. The molecule has 4 rings (SSSR count). The maximum Gasteiger partial charge on any atom is 0.335 e. The summed E-state index contributed by atoms with van der Waals surface area (Å²) in [5, 5.41) is 2.53. The van der Waals surface area contributed by atoms with Gasteiger partial charge in [0.1, 0.15) is 12.2 Å². The number of nitrogens with zero attached hydrogens (tertiary/aromatic N) is 1. The van der Waals surface area contributed by atoms with E-state index in [9.17, 15) is 14.4 Å². The topological polar surface area (TPSA) is 84.9 Å². The van der Waals surface area contributed by atoms with Gasteiger partial charge in [-0.05, 0) is 64.0 Å². The molecule has 1 aliphatic heterocycles. The van der Waals surface area contributed by atoms with E-state index in [1.807, 2.05) is 24.3 Å². The predicted molar refractivity (Wildman–Crippen MR) is 140 cm³/mol. The third-order valence-electron chi connectivity index (χ3n) is 5.06. The van der Waals surface area contributed by atoms with E-state index in [0.29, 0.717) is 26.6 Å². The summed E-state index contributed by atoms with van der Waals surface area (Å²) in [6.45, 7) is 0.286. The van der Waals surface area contributed by atoms with Gasteiger partial charge in [-0.25, -0.2) is 9.69 Å². The number of carbonyl (C=O) groups excluding carboxylic acids is 3. The predicted octanol–water partition coefficient (Wildman–Crippen LogP) is 6.12. The second-order valence-electron chi connectivity index (χ2n) is 7.35. The molecule has 1 N–H and O–H groups in total. The van der Waals surface area contributed by atoms with Gasteiger partial charge in [0, 0.05) is 15.1 Å². The van der Waals surface area contributed by atoms with Crippen molar-refractivity contribution in [2.45, 2.75) is 6.61 Å². The Balaban J connectivity index is 1.65. The number of urea groups is 1. The molecule has 7 nitrogen and oxygen atoms in total. The van der Waals surface area contributed by atoms with E-state index in [-0.39, 0.29) is 17.9 Å². The Morgan fingerprint density at radius 1 is 1.00 bits per heavy atom. The van der Waals surface area contributed by atoms with Gasteiger partial charge in [0.05, 0.1) is 17.3 Å². The molecule has 0 aliphatic carbocycles. The third kappa shape index (κ3) is 5.42. The molecule has 0 atom stereocenters. The summed E-state index contributed by atoms with van der Waals surface area (Å²) in [6.07, 6.45) is 1.38. The molecule has 1 fully saturated rings. The summed E-state index contributed by atoms with van der Waals surface area (Å²) >= 11 is 13.0. The fourth-order valence-electron chi connectivity index (χ4n) is 3.40. The molecule has 3 aromatic carbocycles. The van der Waals surface area contributed by atoms with Crippen molar-refractivity contribution in [3.8, 4) is 11.5 Å². The van der Waals surface area contributed by atoms with Gasteiger partial charge in [0.25, 0.3) is 11.8 Å². The van der Waals surface area contributed by atoms with E-state index < -0.39 is 17.8 Å². The zero-order valence-electron chi connectivity index (χ0n) is 18.2. The number of ether oxygens (including phenoxy) is 2. The van der Waals surface area contributed by atoms with Crippen LogP contribution in [0.25, 0.3) is 6.08 Å². The summed E-state index contributed by atoms with van der Waals surface area (Å²) in [4.78, 5) is 38.9. The van der Waals surface area contributed by atoms with E-state index >= 15 is 0 Å². The minimum Gasteiger partial charge on any atom is -0.493 e. The molecule has 4 amide bonds. The lowest BCUT2D eigenvalue weighted by atomic mass is 10.1. The van der Waals surface area contributed by atoms with Crippen LogP contribution in [0.15, 0.2) is 75.2 Å². The van der Waals surface area contributed by atoms with Gasteiger partial charge in [-0.3, -0.25) is 14.9 Å². The summed E-state index contributed by atoms with van der Waals surface area (Å²) in [5.74, 6) is -0.724. The molecule has 178 valence electrons. The van der Waals surface area contributed by atoms with Crippen molar-refractivity contribution in [2.75, 3.05) is 12.0 Å². The Hall–Kier alpha value is -3.14. The van der Waals surface area contributed by atoms with Gasteiger partial charge < -0.3 is 9.47 Å². The number of halogens is 3. The number of hydrogen-bond donors (Lipinski definition) is 1. The highest BCUT2D eigenvalue weighted by Crippen LogP contribution is 2.38. The molecule has 1 saturated heterocycles. The van der Waals surface area contributed by atoms with Crippen LogP contribution in [0.3, 0.4) is 0 Å². The Kier molecular flexibility index (Phi) is 7.59. The third-order valence-corrected chi connectivity index (χ3v) is 6.66. The Labute approximate surface area is 222 Å². The molecule has 35 heavy (non-hydrogen) atoms. The van der Waals surface area contributed by atoms with Crippen LogP contribution in [0, 0.1) is 0 Å². The highest BCUT2D eigenvalue weighted by molar-refractivity contribution is 9.10. The van der Waals surface area contributed by atoms with Crippen molar-refractivity contribution in [3.63, 3.8) is 0 Å². The van der Waals surface area contributed by atoms with Crippen molar-refractivity contribution in [2.24, 2.45) is 0 Å². The number of carbonyl (C=O) groups is 3. The number of nitrogens with one attached hydrogen (secondary N) is 1. The first-order valence-corrected chi connectivity index (χ1v) is 12.2. The van der Waals surface area contributed by atoms with Crippen molar-refractivity contribution in [1.29, 1.82) is 0 Å². The largest absolute Gasteiger partial charge is 0.493 e. The highest BCUT2D eigenvalue weighted by Gasteiger charge is 2.37. The van der Waals surface area contributed by atoms with Gasteiger partial charge >= 0.3 is 6.03 Å². The fourth-order valence-corrected chi connectivity index (χ4v) is 4.56. The molecule has 0 unspecified atom stereocenters. The zero-order valence-corrected chi connectivity index (χ0v) is 22.1. The van der Waals surface area contributed by atoms with Crippen LogP contribution >= 0.6 is 43.5 Å². The number of barbiturate groups is 1. The highest BCUT2D eigenvalue weighted by atomic mass is 79.9. The van der Waals surface area contributed by atoms with Gasteiger partial charge in [-0.15, -0.1) is 0 Å². The van der Waals surface area contributed by atoms with Crippen LogP contribution in [0.4, 0.5) is 10.5 Å². The summed E-state index contributed by atoms with van der Waals surface area (Å²) in [5.41, 5.74) is 1.46. The smallest absolute Gasteiger partial charge is 0.335 e. The first-order valence-electron chi connectivity index (χ1n) is 10.2. The minimum atomic E-state index is -0.853. The van der Waals surface area contributed by atoms with Gasteiger partial charge in [0.15, 0.2) is 11.5 Å². The van der Waals surface area contributed by atoms with Crippen LogP contribution in [0.2, 0.25) is 5.02 Å². The molecule has 1 heterocycles. The number of amides is 4. The van der Waals surface area contributed by atoms with Crippen LogP contribution in [0.5, 0.6) is 11.5 Å². The molecular weight excluding hydrogens is 604 g/mol. The van der Waals surface area contributed by atoms with Gasteiger partial charge in [-0.1, -0.05) is 51.8 Å². The van der Waals surface area contributed by atoms with E-state index in [4.69, 9.17) is 21.1 Å². The van der Waals surface area contributed by atoms with Crippen molar-refractivity contribution >= 4 is 73.1 Å². The molecule has 10 heteroatoms. The average Bonchev–Trinajstić information content (AvgIpc) is 2.81. The summed E-state index contributed by atoms with van der Waals surface area (Å²) < 4.78 is 12.9. The van der Waals surface area contributed by atoms with Crippen molar-refractivity contribution < 1.29 is 23.9 Å². The quantitative estimate of drug-likeness (QED) is 0.265. The number of imide groups is 2. The van der Waals surface area contributed by atoms with E-state index in [1.54, 1.807) is 30.3 Å². The lowest BCUT2D eigenvalue weighted by Gasteiger charge is -2.26. The van der Waals surface area contributed by atoms with Crippen LogP contribution in [-0.2, 0) is 16.2 Å². The standard InChI is InChI=1S/C25H17Br2ClN2O5/c1-34-21-11-14(10-20(27)22(21)35-13-15-5-2-3-8-19(15)26)9-18-23(31)29-25(33)30(24(18)32)17-7-4-6-16(28)12-17/h2-12H,13H2,1H3,(H,29,31,33)/b18-9+. The average molecular weight is 621 g/mol. The molecule has 0 aromatic heterocycles. The Morgan fingerprint density at radius 2 is 1.77 bits per heavy atom. The Bertz CT molecular complexity index is 1380. The van der Waals surface area contributed by atoms with Crippen LogP contribution in [-0.4, -0.2) is 25.0 Å². The Morgan fingerprint density at radius 3 is 2.49 bits per heavy atom. The van der Waals surface area contributed by atoms with Gasteiger partial charge in [-0.2, -0.15) is 0 Å². The monoisotopic (exact) mass is 618 g/mol. The van der Waals surface area contributed by atoms with E-state index in [2.05, 4.69) is 37.2 Å². The van der Waals surface area contributed by atoms with E-state index in [0.717, 1.165) is 14.9 Å². The number of rotatable bonds is 6. The summed E-state index contributed by atoms with van der Waals surface area (Å²) in [6, 6.07) is 16.4. The first kappa shape index (κ1) is 25.0. The maximum absolute atomic E-state index is 13.1. The van der Waals surface area contributed by atoms with Crippen molar-refractivity contribution in [3.05, 3.63) is 91.3 Å². The first-order chi connectivity index (χ1) is 16.8. The van der Waals surface area contributed by atoms with Gasteiger partial charge in [0.2, 0.25) is 0 Å². The molecule has 1 aliphatic rings. The molecule has 0 saturated carbocycles. The minimum absolute atomic E-state index is 0.222. The van der Waals surface area contributed by atoms with Crippen molar-refractivity contribution in [1.82, 2.24) is 5.32 Å². The number of benzene rings is 3. The van der Waals surface area contributed by atoms with Crippen LogP contribution in [0.1, 0.15) is 11.1 Å². The second-order valence-corrected chi connectivity index (χ2v) is 9.50. The second kappa shape index (κ2) is 10.6. The molecule has 3 aromatic rings.